The van der Waals surface area contributed by atoms with Crippen LogP contribution in [0, 0.1) is 0 Å². The van der Waals surface area contributed by atoms with Gasteiger partial charge in [0.25, 0.3) is 0 Å². The van der Waals surface area contributed by atoms with E-state index in [2.05, 4.69) is 15.5 Å². The number of nitrogens with zero attached hydrogens (tertiary/aromatic N) is 3. The van der Waals surface area contributed by atoms with E-state index in [1.165, 1.54) is 10.2 Å². The Morgan fingerprint density at radius 3 is 2.50 bits per heavy atom. The van der Waals surface area contributed by atoms with Gasteiger partial charge >= 0.3 is 5.69 Å². The van der Waals surface area contributed by atoms with Crippen LogP contribution in [0.2, 0.25) is 15.1 Å². The Balaban J connectivity index is 1.77. The molecular weight excluding hydrogens is 391 g/mol. The molecule has 9 heteroatoms. The highest BCUT2D eigenvalue weighted by molar-refractivity contribution is 7.10. The molecule has 0 saturated carbocycles. The number of hydrogen-bond acceptors (Lipinski definition) is 5. The SMILES string of the molecule is O=c1nc(N/N=C/c2ccc(Cl)cc2Cl)sn1-c1ccc(Cl)cc1. The summed E-state index contributed by atoms with van der Waals surface area (Å²) >= 11 is 18.9. The molecule has 0 bridgehead atoms. The number of nitrogens with one attached hydrogen (secondary N) is 1. The van der Waals surface area contributed by atoms with Gasteiger partial charge in [-0.2, -0.15) is 10.1 Å². The highest BCUT2D eigenvalue weighted by Crippen LogP contribution is 2.20. The Labute approximate surface area is 156 Å². The molecule has 0 radical (unpaired) electrons. The van der Waals surface area contributed by atoms with E-state index in [1.807, 2.05) is 0 Å². The molecule has 3 aromatic rings. The minimum atomic E-state index is -0.399. The van der Waals surface area contributed by atoms with Crippen LogP contribution in [0.3, 0.4) is 0 Å². The molecule has 0 saturated heterocycles. The molecule has 0 atom stereocenters. The van der Waals surface area contributed by atoms with Crippen LogP contribution in [0.1, 0.15) is 5.56 Å². The van der Waals surface area contributed by atoms with Crippen molar-refractivity contribution in [1.82, 2.24) is 8.94 Å². The Bertz CT molecular complexity index is 950. The summed E-state index contributed by atoms with van der Waals surface area (Å²) in [4.78, 5) is 15.8. The zero-order valence-electron chi connectivity index (χ0n) is 11.9. The van der Waals surface area contributed by atoms with Crippen LogP contribution in [-0.4, -0.2) is 15.2 Å². The van der Waals surface area contributed by atoms with Crippen LogP contribution >= 0.6 is 46.3 Å². The van der Waals surface area contributed by atoms with Crippen LogP contribution < -0.4 is 11.1 Å². The van der Waals surface area contributed by atoms with E-state index in [0.717, 1.165) is 11.5 Å². The summed E-state index contributed by atoms with van der Waals surface area (Å²) in [5.74, 6) is 0. The van der Waals surface area contributed by atoms with E-state index in [1.54, 1.807) is 42.5 Å². The maximum absolute atomic E-state index is 12.0. The summed E-state index contributed by atoms with van der Waals surface area (Å²) in [6, 6.07) is 12.0. The maximum atomic E-state index is 12.0. The highest BCUT2D eigenvalue weighted by Gasteiger charge is 2.07. The van der Waals surface area contributed by atoms with Gasteiger partial charge in [-0.3, -0.25) is 5.43 Å². The fourth-order valence-electron chi connectivity index (χ4n) is 1.83. The van der Waals surface area contributed by atoms with Crippen molar-refractivity contribution in [2.24, 2.45) is 5.10 Å². The quantitative estimate of drug-likeness (QED) is 0.511. The van der Waals surface area contributed by atoms with Crippen LogP contribution in [-0.2, 0) is 0 Å². The lowest BCUT2D eigenvalue weighted by Crippen LogP contribution is -2.12. The zero-order chi connectivity index (χ0) is 17.1. The molecule has 24 heavy (non-hydrogen) atoms. The number of benzene rings is 2. The first-order valence-corrected chi connectivity index (χ1v) is 8.54. The van der Waals surface area contributed by atoms with Crippen molar-refractivity contribution in [3.63, 3.8) is 0 Å². The topological polar surface area (TPSA) is 59.3 Å². The lowest BCUT2D eigenvalue weighted by atomic mass is 10.2. The van der Waals surface area contributed by atoms with E-state index in [-0.39, 0.29) is 0 Å². The Morgan fingerprint density at radius 2 is 1.79 bits per heavy atom. The van der Waals surface area contributed by atoms with Crippen molar-refractivity contribution in [1.29, 1.82) is 0 Å². The third-order valence-electron chi connectivity index (χ3n) is 2.94. The first kappa shape index (κ1) is 17.0. The summed E-state index contributed by atoms with van der Waals surface area (Å²) in [7, 11) is 0. The van der Waals surface area contributed by atoms with Gasteiger partial charge in [-0.15, -0.1) is 0 Å². The number of halogens is 3. The summed E-state index contributed by atoms with van der Waals surface area (Å²) in [6.45, 7) is 0. The molecule has 1 heterocycles. The molecular formula is C15H9Cl3N4OS. The maximum Gasteiger partial charge on any atom is 0.364 e. The molecule has 122 valence electrons. The van der Waals surface area contributed by atoms with Gasteiger partial charge in [-0.05, 0) is 47.9 Å². The summed E-state index contributed by atoms with van der Waals surface area (Å²) in [6.07, 6.45) is 1.52. The molecule has 0 fully saturated rings. The standard InChI is InChI=1S/C15H9Cl3N4OS/c16-10-3-5-12(6-4-10)22-15(23)20-14(24-22)21-19-8-9-1-2-11(17)7-13(9)18/h1-8H,(H,20,21,23)/b19-8+. The third-order valence-corrected chi connectivity index (χ3v) is 4.66. The lowest BCUT2D eigenvalue weighted by molar-refractivity contribution is 1.05. The predicted molar refractivity (Wildman–Crippen MR) is 100 cm³/mol. The van der Waals surface area contributed by atoms with Crippen molar-refractivity contribution in [2.75, 3.05) is 5.43 Å². The van der Waals surface area contributed by atoms with E-state index < -0.39 is 5.69 Å². The fraction of sp³-hybridized carbons (Fsp3) is 0. The predicted octanol–water partition coefficient (Wildman–Crippen LogP) is 4.70. The summed E-state index contributed by atoms with van der Waals surface area (Å²) in [5, 5.41) is 6.02. The molecule has 1 aromatic heterocycles. The first-order valence-electron chi connectivity index (χ1n) is 6.63. The van der Waals surface area contributed by atoms with Crippen molar-refractivity contribution < 1.29 is 0 Å². The molecule has 2 aromatic carbocycles. The number of hydrazone groups is 1. The summed E-state index contributed by atoms with van der Waals surface area (Å²) < 4.78 is 1.43. The van der Waals surface area contributed by atoms with Crippen LogP contribution in [0.5, 0.6) is 0 Å². The largest absolute Gasteiger partial charge is 0.364 e. The molecule has 3 rings (SSSR count). The number of anilines is 1. The van der Waals surface area contributed by atoms with Gasteiger partial charge in [0.2, 0.25) is 5.13 Å². The van der Waals surface area contributed by atoms with E-state index >= 15 is 0 Å². The van der Waals surface area contributed by atoms with Gasteiger partial charge in [-0.1, -0.05) is 40.9 Å². The number of hydrogen-bond donors (Lipinski definition) is 1. The Morgan fingerprint density at radius 1 is 1.08 bits per heavy atom. The van der Waals surface area contributed by atoms with Crippen molar-refractivity contribution >= 4 is 57.7 Å². The molecule has 0 amide bonds. The molecule has 0 aliphatic rings. The van der Waals surface area contributed by atoms with Crippen LogP contribution in [0.25, 0.3) is 5.69 Å². The second-order valence-corrected chi connectivity index (χ2v) is 6.81. The van der Waals surface area contributed by atoms with Gasteiger partial charge in [-0.25, -0.2) is 8.75 Å². The minimum Gasteiger partial charge on any atom is -0.251 e. The molecule has 5 nitrogen and oxygen atoms in total. The summed E-state index contributed by atoms with van der Waals surface area (Å²) in [5.41, 5.74) is 3.69. The van der Waals surface area contributed by atoms with E-state index in [9.17, 15) is 4.79 Å². The van der Waals surface area contributed by atoms with E-state index in [0.29, 0.717) is 31.5 Å². The third kappa shape index (κ3) is 3.96. The minimum absolute atomic E-state index is 0.358. The lowest BCUT2D eigenvalue weighted by Gasteiger charge is -1.99. The second-order valence-electron chi connectivity index (χ2n) is 4.60. The van der Waals surface area contributed by atoms with E-state index in [4.69, 9.17) is 34.8 Å². The average molecular weight is 400 g/mol. The zero-order valence-corrected chi connectivity index (χ0v) is 15.0. The Kier molecular flexibility index (Phi) is 5.20. The van der Waals surface area contributed by atoms with Gasteiger partial charge in [0, 0.05) is 15.6 Å². The molecule has 0 spiro atoms. The fourth-order valence-corrected chi connectivity index (χ4v) is 3.14. The van der Waals surface area contributed by atoms with Crippen LogP contribution in [0.4, 0.5) is 5.13 Å². The van der Waals surface area contributed by atoms with Crippen LogP contribution in [0.15, 0.2) is 52.4 Å². The van der Waals surface area contributed by atoms with Gasteiger partial charge < -0.3 is 0 Å². The first-order chi connectivity index (χ1) is 11.5. The van der Waals surface area contributed by atoms with Crippen molar-refractivity contribution in [3.05, 3.63) is 73.6 Å². The van der Waals surface area contributed by atoms with Gasteiger partial charge in [0.05, 0.1) is 16.9 Å². The Hall–Kier alpha value is -1.86. The molecule has 0 unspecified atom stereocenters. The van der Waals surface area contributed by atoms with Gasteiger partial charge in [0.1, 0.15) is 0 Å². The van der Waals surface area contributed by atoms with Gasteiger partial charge in [0.15, 0.2) is 0 Å². The second kappa shape index (κ2) is 7.36. The average Bonchev–Trinajstić information content (AvgIpc) is 2.91. The normalized spacial score (nSPS) is 11.1. The smallest absolute Gasteiger partial charge is 0.251 e. The van der Waals surface area contributed by atoms with Crippen molar-refractivity contribution in [3.8, 4) is 5.69 Å². The monoisotopic (exact) mass is 398 g/mol. The molecule has 1 N–H and O–H groups in total. The van der Waals surface area contributed by atoms with Crippen molar-refractivity contribution in [2.45, 2.75) is 0 Å². The number of rotatable bonds is 4. The highest BCUT2D eigenvalue weighted by atomic mass is 35.5. The molecule has 0 aliphatic carbocycles. The number of aromatic nitrogens is 2. The molecule has 0 aliphatic heterocycles.